The molecule has 1 N–H and O–H groups in total. The minimum Gasteiger partial charge on any atom is -0.360 e. The molecule has 7 heteroatoms. The van der Waals surface area contributed by atoms with Crippen molar-refractivity contribution < 1.29 is 18.0 Å². The molecular formula is C17H16F3N3O. The van der Waals surface area contributed by atoms with Crippen molar-refractivity contribution in [2.45, 2.75) is 19.0 Å². The molecule has 0 fully saturated rings. The molecule has 4 nitrogen and oxygen atoms in total. The number of carbonyl (C=O) groups excluding carboxylic acids is 1. The highest BCUT2D eigenvalue weighted by Crippen LogP contribution is 2.33. The third-order valence-electron chi connectivity index (χ3n) is 3.93. The van der Waals surface area contributed by atoms with Crippen LogP contribution >= 0.6 is 0 Å². The fourth-order valence-corrected chi connectivity index (χ4v) is 2.82. The summed E-state index contributed by atoms with van der Waals surface area (Å²) in [4.78, 5) is 17.8. The second-order valence-corrected chi connectivity index (χ2v) is 5.53. The predicted octanol–water partition coefficient (Wildman–Crippen LogP) is 3.49. The Balaban J connectivity index is 1.74. The van der Waals surface area contributed by atoms with Crippen LogP contribution in [0.25, 0.3) is 0 Å². The number of rotatable bonds is 3. The molecule has 0 saturated carbocycles. The Kier molecular flexibility index (Phi) is 4.42. The van der Waals surface area contributed by atoms with Gasteiger partial charge in [-0.15, -0.1) is 0 Å². The molecule has 0 saturated heterocycles. The number of nitrogens with one attached hydrogen (secondary N) is 1. The summed E-state index contributed by atoms with van der Waals surface area (Å²) < 4.78 is 38.8. The summed E-state index contributed by atoms with van der Waals surface area (Å²) in [6, 6.07) is 9.73. The molecule has 0 spiro atoms. The first-order valence-electron chi connectivity index (χ1n) is 7.61. The number of alkyl halides is 3. The minimum absolute atomic E-state index is 0.242. The van der Waals surface area contributed by atoms with E-state index in [-0.39, 0.29) is 18.3 Å². The van der Waals surface area contributed by atoms with Gasteiger partial charge in [-0.2, -0.15) is 13.2 Å². The number of benzene rings is 1. The lowest BCUT2D eigenvalue weighted by atomic mass is 10.0. The van der Waals surface area contributed by atoms with Crippen LogP contribution in [0.5, 0.6) is 0 Å². The average Bonchev–Trinajstić information content (AvgIpc) is 2.58. The van der Waals surface area contributed by atoms with Gasteiger partial charge in [-0.3, -0.25) is 4.79 Å². The number of carbonyl (C=O) groups is 1. The summed E-state index contributed by atoms with van der Waals surface area (Å²) >= 11 is 0. The topological polar surface area (TPSA) is 45.2 Å². The van der Waals surface area contributed by atoms with E-state index in [4.69, 9.17) is 0 Å². The summed E-state index contributed by atoms with van der Waals surface area (Å²) in [5, 5.41) is 2.53. The zero-order valence-corrected chi connectivity index (χ0v) is 12.8. The highest BCUT2D eigenvalue weighted by atomic mass is 19.4. The second kappa shape index (κ2) is 6.51. The molecule has 1 aromatic carbocycles. The first-order chi connectivity index (χ1) is 11.5. The number of hydrogen-bond acceptors (Lipinski definition) is 3. The van der Waals surface area contributed by atoms with Gasteiger partial charge in [-0.05, 0) is 36.6 Å². The average molecular weight is 335 g/mol. The molecule has 2 aromatic rings. The Labute approximate surface area is 137 Å². The predicted molar refractivity (Wildman–Crippen MR) is 84.8 cm³/mol. The molecule has 24 heavy (non-hydrogen) atoms. The normalized spacial score (nSPS) is 14.2. The van der Waals surface area contributed by atoms with Crippen LogP contribution in [0, 0.1) is 0 Å². The Morgan fingerprint density at radius 3 is 2.79 bits per heavy atom. The Hall–Kier alpha value is -2.57. The maximum atomic E-state index is 12.9. The maximum Gasteiger partial charge on any atom is 0.419 e. The number of aryl methyl sites for hydroxylation is 1. The van der Waals surface area contributed by atoms with Crippen LogP contribution in [0.2, 0.25) is 0 Å². The molecule has 0 atom stereocenters. The smallest absolute Gasteiger partial charge is 0.360 e. The lowest BCUT2D eigenvalue weighted by Gasteiger charge is -2.29. The van der Waals surface area contributed by atoms with Gasteiger partial charge in [0.05, 0.1) is 12.1 Å². The lowest BCUT2D eigenvalue weighted by molar-refractivity contribution is -0.137. The third-order valence-corrected chi connectivity index (χ3v) is 3.93. The van der Waals surface area contributed by atoms with Crippen LogP contribution in [0.3, 0.4) is 0 Å². The lowest BCUT2D eigenvalue weighted by Crippen LogP contribution is -2.39. The van der Waals surface area contributed by atoms with Gasteiger partial charge in [-0.25, -0.2) is 4.98 Å². The number of halogens is 3. The van der Waals surface area contributed by atoms with Gasteiger partial charge >= 0.3 is 6.18 Å². The summed E-state index contributed by atoms with van der Waals surface area (Å²) in [5.41, 5.74) is 1.02. The first kappa shape index (κ1) is 16.3. The van der Waals surface area contributed by atoms with Crippen LogP contribution in [-0.2, 0) is 17.4 Å². The van der Waals surface area contributed by atoms with Crippen molar-refractivity contribution in [2.24, 2.45) is 0 Å². The van der Waals surface area contributed by atoms with Crippen molar-refractivity contribution in [3.05, 3.63) is 53.7 Å². The van der Waals surface area contributed by atoms with Crippen molar-refractivity contribution in [1.82, 2.24) is 4.98 Å². The number of fused-ring (bicyclic) bond motifs is 1. The van der Waals surface area contributed by atoms with Crippen LogP contribution in [0.4, 0.5) is 24.7 Å². The molecule has 0 aliphatic carbocycles. The van der Waals surface area contributed by atoms with E-state index in [0.717, 1.165) is 30.2 Å². The summed E-state index contributed by atoms with van der Waals surface area (Å²) in [6.07, 6.45) is -1.53. The fraction of sp³-hybridized carbons (Fsp3) is 0.294. The number of nitrogens with zero attached hydrogens (tertiary/aromatic N) is 2. The zero-order chi connectivity index (χ0) is 17.2. The number of hydrogen-bond donors (Lipinski definition) is 1. The number of pyridine rings is 1. The van der Waals surface area contributed by atoms with Gasteiger partial charge in [0.15, 0.2) is 0 Å². The molecular weight excluding hydrogens is 319 g/mol. The maximum absolute atomic E-state index is 12.9. The van der Waals surface area contributed by atoms with Crippen LogP contribution in [0.1, 0.15) is 17.5 Å². The standard InChI is InChI=1S/C17H16F3N3O/c18-17(19,20)13-7-3-9-21-16(13)22-11-15(24)23-10-4-6-12-5-1-2-8-14(12)23/h1-3,5,7-9H,4,6,10-11H2,(H,21,22). The molecule has 1 aliphatic rings. The second-order valence-electron chi connectivity index (χ2n) is 5.53. The van der Waals surface area contributed by atoms with Crippen LogP contribution in [-0.4, -0.2) is 24.0 Å². The number of aromatic nitrogens is 1. The Bertz CT molecular complexity index is 746. The molecule has 126 valence electrons. The van der Waals surface area contributed by atoms with Crippen LogP contribution < -0.4 is 10.2 Å². The van der Waals surface area contributed by atoms with E-state index in [9.17, 15) is 18.0 Å². The molecule has 3 rings (SSSR count). The third kappa shape index (κ3) is 3.34. The van der Waals surface area contributed by atoms with Gasteiger partial charge in [0, 0.05) is 18.4 Å². The highest BCUT2D eigenvalue weighted by molar-refractivity contribution is 5.97. The van der Waals surface area contributed by atoms with Crippen molar-refractivity contribution in [3.8, 4) is 0 Å². The van der Waals surface area contributed by atoms with Gasteiger partial charge in [0.25, 0.3) is 0 Å². The number of amides is 1. The Morgan fingerprint density at radius 1 is 1.21 bits per heavy atom. The molecule has 1 aliphatic heterocycles. The SMILES string of the molecule is O=C(CNc1ncccc1C(F)(F)F)N1CCCc2ccccc21. The van der Waals surface area contributed by atoms with Gasteiger partial charge in [0.1, 0.15) is 5.82 Å². The number of anilines is 2. The molecule has 0 bridgehead atoms. The van der Waals surface area contributed by atoms with E-state index in [1.165, 1.54) is 12.3 Å². The molecule has 1 amide bonds. The van der Waals surface area contributed by atoms with Crippen molar-refractivity contribution in [3.63, 3.8) is 0 Å². The monoisotopic (exact) mass is 335 g/mol. The summed E-state index contributed by atoms with van der Waals surface area (Å²) in [7, 11) is 0. The van der Waals surface area contributed by atoms with E-state index < -0.39 is 11.7 Å². The van der Waals surface area contributed by atoms with E-state index in [2.05, 4.69) is 10.3 Å². The van der Waals surface area contributed by atoms with E-state index in [0.29, 0.717) is 6.54 Å². The molecule has 1 aromatic heterocycles. The largest absolute Gasteiger partial charge is 0.419 e. The van der Waals surface area contributed by atoms with E-state index >= 15 is 0 Å². The van der Waals surface area contributed by atoms with Crippen molar-refractivity contribution in [1.29, 1.82) is 0 Å². The van der Waals surface area contributed by atoms with Gasteiger partial charge in [-0.1, -0.05) is 18.2 Å². The Morgan fingerprint density at radius 2 is 2.00 bits per heavy atom. The summed E-state index contributed by atoms with van der Waals surface area (Å²) in [6.45, 7) is 0.320. The zero-order valence-electron chi connectivity index (χ0n) is 12.8. The van der Waals surface area contributed by atoms with Crippen LogP contribution in [0.15, 0.2) is 42.6 Å². The highest BCUT2D eigenvalue weighted by Gasteiger charge is 2.34. The van der Waals surface area contributed by atoms with Crippen molar-refractivity contribution >= 4 is 17.4 Å². The summed E-state index contributed by atoms with van der Waals surface area (Å²) in [5.74, 6) is -0.607. The minimum atomic E-state index is -4.52. The number of para-hydroxylation sites is 1. The quantitative estimate of drug-likeness (QED) is 0.934. The van der Waals surface area contributed by atoms with Gasteiger partial charge < -0.3 is 10.2 Å². The van der Waals surface area contributed by atoms with E-state index in [1.807, 2.05) is 24.3 Å². The fourth-order valence-electron chi connectivity index (χ4n) is 2.82. The van der Waals surface area contributed by atoms with Gasteiger partial charge in [0.2, 0.25) is 5.91 Å². The molecule has 2 heterocycles. The molecule has 0 unspecified atom stereocenters. The van der Waals surface area contributed by atoms with E-state index in [1.54, 1.807) is 4.90 Å². The molecule has 0 radical (unpaired) electrons. The van der Waals surface area contributed by atoms with Crippen molar-refractivity contribution in [2.75, 3.05) is 23.3 Å². The first-order valence-corrected chi connectivity index (χ1v) is 7.61.